The second kappa shape index (κ2) is 7.47. The third-order valence-corrected chi connectivity index (χ3v) is 5.18. The van der Waals surface area contributed by atoms with Gasteiger partial charge in [0.15, 0.2) is 0 Å². The molecule has 1 heterocycles. The Bertz CT molecular complexity index is 584. The first-order valence-electron chi connectivity index (χ1n) is 8.47. The van der Waals surface area contributed by atoms with E-state index in [0.717, 1.165) is 37.7 Å². The molecule has 0 aromatic carbocycles. The smallest absolute Gasteiger partial charge is 0.341 e. The Balaban J connectivity index is 2.36. The Labute approximate surface area is 142 Å². The van der Waals surface area contributed by atoms with Crippen LogP contribution in [0.2, 0.25) is 0 Å². The minimum Gasteiger partial charge on any atom is -0.462 e. The lowest BCUT2D eigenvalue weighted by Gasteiger charge is -2.17. The Kier molecular flexibility index (Phi) is 5.84. The highest BCUT2D eigenvalue weighted by atomic mass is 32.1. The fourth-order valence-electron chi connectivity index (χ4n) is 2.60. The Hall–Kier alpha value is -1.36. The van der Waals surface area contributed by atoms with Crippen LogP contribution in [0.4, 0.5) is 5.00 Å². The Morgan fingerprint density at radius 1 is 1.17 bits per heavy atom. The second-order valence-electron chi connectivity index (χ2n) is 7.11. The molecule has 0 atom stereocenters. The zero-order valence-corrected chi connectivity index (χ0v) is 15.4. The molecule has 1 N–H and O–H groups in total. The summed E-state index contributed by atoms with van der Waals surface area (Å²) >= 11 is 1.55. The summed E-state index contributed by atoms with van der Waals surface area (Å²) in [5.74, 6) is -0.367. The van der Waals surface area contributed by atoms with Crippen molar-refractivity contribution >= 4 is 28.2 Å². The van der Waals surface area contributed by atoms with Gasteiger partial charge in [0.2, 0.25) is 5.91 Å². The SMILES string of the molecule is CCCOC(=O)c1c(NC(=O)C(C)(C)C)sc2c1CCCCC2. The van der Waals surface area contributed by atoms with Crippen LogP contribution < -0.4 is 5.32 Å². The van der Waals surface area contributed by atoms with Crippen LogP contribution in [-0.2, 0) is 22.4 Å². The van der Waals surface area contributed by atoms with Crippen LogP contribution in [0.5, 0.6) is 0 Å². The highest BCUT2D eigenvalue weighted by Gasteiger charge is 2.29. The van der Waals surface area contributed by atoms with E-state index >= 15 is 0 Å². The number of nitrogens with one attached hydrogen (secondary N) is 1. The van der Waals surface area contributed by atoms with Crippen LogP contribution in [0.1, 0.15) is 74.2 Å². The predicted octanol–water partition coefficient (Wildman–Crippen LogP) is 4.57. The van der Waals surface area contributed by atoms with Gasteiger partial charge in [-0.05, 0) is 37.7 Å². The maximum atomic E-state index is 12.5. The van der Waals surface area contributed by atoms with Gasteiger partial charge in [-0.2, -0.15) is 0 Å². The minimum absolute atomic E-state index is 0.0709. The largest absolute Gasteiger partial charge is 0.462 e. The average Bonchev–Trinajstić information content (AvgIpc) is 2.65. The van der Waals surface area contributed by atoms with Gasteiger partial charge in [0, 0.05) is 10.3 Å². The second-order valence-corrected chi connectivity index (χ2v) is 8.21. The standard InChI is InChI=1S/C18H27NO3S/c1-5-11-22-16(20)14-12-9-7-6-8-10-13(12)23-15(14)19-17(21)18(2,3)4/h5-11H2,1-4H3,(H,19,21). The maximum Gasteiger partial charge on any atom is 0.341 e. The number of esters is 1. The molecule has 0 spiro atoms. The number of ether oxygens (including phenoxy) is 1. The molecule has 128 valence electrons. The number of hydrogen-bond donors (Lipinski definition) is 1. The highest BCUT2D eigenvalue weighted by molar-refractivity contribution is 7.17. The third-order valence-electron chi connectivity index (χ3n) is 3.97. The van der Waals surface area contributed by atoms with Crippen molar-refractivity contribution in [2.75, 3.05) is 11.9 Å². The summed E-state index contributed by atoms with van der Waals surface area (Å²) < 4.78 is 5.37. The van der Waals surface area contributed by atoms with Gasteiger partial charge in [0.05, 0.1) is 12.2 Å². The zero-order valence-electron chi connectivity index (χ0n) is 14.6. The summed E-state index contributed by atoms with van der Waals surface area (Å²) in [7, 11) is 0. The topological polar surface area (TPSA) is 55.4 Å². The van der Waals surface area contributed by atoms with Crippen LogP contribution in [0.3, 0.4) is 0 Å². The first-order valence-corrected chi connectivity index (χ1v) is 9.29. The zero-order chi connectivity index (χ0) is 17.0. The molecule has 0 fully saturated rings. The first kappa shape index (κ1) is 18.0. The van der Waals surface area contributed by atoms with E-state index in [4.69, 9.17) is 4.74 Å². The lowest BCUT2D eigenvalue weighted by molar-refractivity contribution is -0.123. The summed E-state index contributed by atoms with van der Waals surface area (Å²) in [5, 5.41) is 3.63. The molecule has 23 heavy (non-hydrogen) atoms. The molecule has 0 saturated heterocycles. The Morgan fingerprint density at radius 3 is 2.52 bits per heavy atom. The van der Waals surface area contributed by atoms with Crippen molar-refractivity contribution < 1.29 is 14.3 Å². The van der Waals surface area contributed by atoms with Crippen molar-refractivity contribution in [2.45, 2.75) is 66.2 Å². The van der Waals surface area contributed by atoms with Gasteiger partial charge in [-0.3, -0.25) is 4.79 Å². The number of anilines is 1. The molecule has 0 radical (unpaired) electrons. The number of carbonyl (C=O) groups is 2. The summed E-state index contributed by atoms with van der Waals surface area (Å²) in [6, 6.07) is 0. The Morgan fingerprint density at radius 2 is 1.87 bits per heavy atom. The number of amides is 1. The lowest BCUT2D eigenvalue weighted by Crippen LogP contribution is -2.28. The molecule has 1 aliphatic rings. The van der Waals surface area contributed by atoms with Crippen molar-refractivity contribution in [2.24, 2.45) is 5.41 Å². The van der Waals surface area contributed by atoms with E-state index in [9.17, 15) is 9.59 Å². The number of fused-ring (bicyclic) bond motifs is 1. The van der Waals surface area contributed by atoms with E-state index in [2.05, 4.69) is 5.32 Å². The minimum atomic E-state index is -0.494. The molecule has 0 saturated carbocycles. The molecule has 1 amide bonds. The van der Waals surface area contributed by atoms with Crippen molar-refractivity contribution in [3.8, 4) is 0 Å². The molecule has 4 nitrogen and oxygen atoms in total. The summed E-state index contributed by atoms with van der Waals surface area (Å²) in [6.07, 6.45) is 6.09. The molecule has 0 bridgehead atoms. The van der Waals surface area contributed by atoms with Crippen molar-refractivity contribution in [3.05, 3.63) is 16.0 Å². The van der Waals surface area contributed by atoms with Crippen LogP contribution in [-0.4, -0.2) is 18.5 Å². The average molecular weight is 337 g/mol. The molecule has 5 heteroatoms. The summed E-state index contributed by atoms with van der Waals surface area (Å²) in [6.45, 7) is 8.00. The van der Waals surface area contributed by atoms with Gasteiger partial charge >= 0.3 is 5.97 Å². The molecular formula is C18H27NO3S. The summed E-state index contributed by atoms with van der Waals surface area (Å²) in [4.78, 5) is 26.1. The fourth-order valence-corrected chi connectivity index (χ4v) is 3.88. The molecule has 1 aromatic rings. The van der Waals surface area contributed by atoms with E-state index in [1.54, 1.807) is 11.3 Å². The molecule has 0 aliphatic heterocycles. The highest BCUT2D eigenvalue weighted by Crippen LogP contribution is 2.38. The number of rotatable bonds is 4. The van der Waals surface area contributed by atoms with Gasteiger partial charge in [-0.25, -0.2) is 4.79 Å². The molecule has 2 rings (SSSR count). The predicted molar refractivity (Wildman–Crippen MR) is 94.2 cm³/mol. The van der Waals surface area contributed by atoms with E-state index in [0.29, 0.717) is 17.2 Å². The van der Waals surface area contributed by atoms with Gasteiger partial charge in [-0.1, -0.05) is 34.1 Å². The quantitative estimate of drug-likeness (QED) is 0.647. The van der Waals surface area contributed by atoms with Gasteiger partial charge < -0.3 is 10.1 Å². The van der Waals surface area contributed by atoms with Crippen LogP contribution in [0, 0.1) is 5.41 Å². The maximum absolute atomic E-state index is 12.5. The van der Waals surface area contributed by atoms with Gasteiger partial charge in [0.25, 0.3) is 0 Å². The normalized spacial score (nSPS) is 14.8. The number of carbonyl (C=O) groups excluding carboxylic acids is 2. The number of thiophene rings is 1. The van der Waals surface area contributed by atoms with Crippen LogP contribution in [0.15, 0.2) is 0 Å². The first-order chi connectivity index (χ1) is 10.8. The summed E-state index contributed by atoms with van der Waals surface area (Å²) in [5.41, 5.74) is 1.20. The third kappa shape index (κ3) is 4.34. The molecule has 1 aromatic heterocycles. The van der Waals surface area contributed by atoms with E-state index in [1.165, 1.54) is 11.3 Å². The molecular weight excluding hydrogens is 310 g/mol. The van der Waals surface area contributed by atoms with Crippen LogP contribution >= 0.6 is 11.3 Å². The number of hydrogen-bond acceptors (Lipinski definition) is 4. The lowest BCUT2D eigenvalue weighted by atomic mass is 9.95. The van der Waals surface area contributed by atoms with E-state index < -0.39 is 5.41 Å². The van der Waals surface area contributed by atoms with Gasteiger partial charge in [0.1, 0.15) is 5.00 Å². The number of aryl methyl sites for hydroxylation is 1. The molecule has 1 aliphatic carbocycles. The van der Waals surface area contributed by atoms with Crippen LogP contribution in [0.25, 0.3) is 0 Å². The van der Waals surface area contributed by atoms with Crippen molar-refractivity contribution in [1.82, 2.24) is 0 Å². The van der Waals surface area contributed by atoms with Crippen molar-refractivity contribution in [1.29, 1.82) is 0 Å². The van der Waals surface area contributed by atoms with E-state index in [1.807, 2.05) is 27.7 Å². The van der Waals surface area contributed by atoms with Gasteiger partial charge in [-0.15, -0.1) is 11.3 Å². The molecule has 0 unspecified atom stereocenters. The van der Waals surface area contributed by atoms with E-state index in [-0.39, 0.29) is 11.9 Å². The van der Waals surface area contributed by atoms with Crippen molar-refractivity contribution in [3.63, 3.8) is 0 Å². The fraction of sp³-hybridized carbons (Fsp3) is 0.667. The monoisotopic (exact) mass is 337 g/mol.